The molecule has 1 atom stereocenters. The molecule has 1 aliphatic rings. The Labute approximate surface area is 148 Å². The van der Waals surface area contributed by atoms with Crippen LogP contribution in [0.25, 0.3) is 0 Å². The molecule has 2 rings (SSSR count). The molecule has 0 aliphatic carbocycles. The van der Waals surface area contributed by atoms with Gasteiger partial charge in [0, 0.05) is 12.1 Å². The second kappa shape index (κ2) is 7.00. The number of carbonyl (C=O) groups excluding carboxylic acids is 2. The minimum atomic E-state index is -4.09. The van der Waals surface area contributed by atoms with Crippen LogP contribution < -0.4 is 0 Å². The summed E-state index contributed by atoms with van der Waals surface area (Å²) in [6.07, 6.45) is 2.21. The monoisotopic (exact) mass is 365 g/mol. The van der Waals surface area contributed by atoms with Crippen molar-refractivity contribution < 1.29 is 22.7 Å². The van der Waals surface area contributed by atoms with E-state index in [1.165, 1.54) is 19.1 Å². The number of allylic oxidation sites excluding steroid dienone is 2. The second-order valence-corrected chi connectivity index (χ2v) is 8.01. The van der Waals surface area contributed by atoms with Crippen LogP contribution in [0.5, 0.6) is 0 Å². The number of nitrogens with zero attached hydrogens (tertiary/aromatic N) is 1. The molecule has 1 fully saturated rings. The Bertz CT molecular complexity index is 810. The molecule has 0 N–H and O–H groups in total. The lowest BCUT2D eigenvalue weighted by Crippen LogP contribution is -2.41. The van der Waals surface area contributed by atoms with Gasteiger partial charge in [-0.05, 0) is 39.3 Å². The zero-order valence-electron chi connectivity index (χ0n) is 14.9. The number of rotatable bonds is 5. The second-order valence-electron chi connectivity index (χ2n) is 6.22. The maximum atomic E-state index is 13.0. The fraction of sp³-hybridized carbons (Fsp3) is 0.444. The van der Waals surface area contributed by atoms with E-state index >= 15 is 0 Å². The molecule has 0 radical (unpaired) electrons. The van der Waals surface area contributed by atoms with E-state index in [1.54, 1.807) is 25.1 Å². The molecule has 1 saturated heterocycles. The lowest BCUT2D eigenvalue weighted by molar-refractivity contribution is -0.158. The minimum Gasteiger partial charge on any atom is -0.465 e. The summed E-state index contributed by atoms with van der Waals surface area (Å²) in [5.74, 6) is -1.48. The van der Waals surface area contributed by atoms with Crippen LogP contribution in [-0.4, -0.2) is 31.2 Å². The molecule has 7 heteroatoms. The Morgan fingerprint density at radius 1 is 1.28 bits per heavy atom. The SMILES string of the molecule is CC/C=C1/CC(C)(C(=O)OCC)C(=O)N1S(=O)(=O)c1ccc(C)cc1. The molecular weight excluding hydrogens is 342 g/mol. The Morgan fingerprint density at radius 2 is 1.88 bits per heavy atom. The van der Waals surface area contributed by atoms with Crippen molar-refractivity contribution in [1.29, 1.82) is 0 Å². The number of hydrogen-bond donors (Lipinski definition) is 0. The Morgan fingerprint density at radius 3 is 2.40 bits per heavy atom. The minimum absolute atomic E-state index is 0.00357. The molecule has 0 spiro atoms. The van der Waals surface area contributed by atoms with Gasteiger partial charge in [0.15, 0.2) is 5.41 Å². The van der Waals surface area contributed by atoms with E-state index < -0.39 is 27.3 Å². The van der Waals surface area contributed by atoms with Gasteiger partial charge in [0.05, 0.1) is 11.5 Å². The van der Waals surface area contributed by atoms with Gasteiger partial charge in [-0.2, -0.15) is 0 Å². The van der Waals surface area contributed by atoms with Gasteiger partial charge in [0.25, 0.3) is 15.9 Å². The molecule has 1 heterocycles. The fourth-order valence-corrected chi connectivity index (χ4v) is 4.34. The largest absolute Gasteiger partial charge is 0.465 e. The first kappa shape index (κ1) is 19.2. The third-order valence-corrected chi connectivity index (χ3v) is 5.93. The Kier molecular flexibility index (Phi) is 5.37. The quantitative estimate of drug-likeness (QED) is 0.592. The number of hydrogen-bond acceptors (Lipinski definition) is 5. The maximum absolute atomic E-state index is 13.0. The van der Waals surface area contributed by atoms with Gasteiger partial charge in [0.2, 0.25) is 0 Å². The van der Waals surface area contributed by atoms with Crippen LogP contribution >= 0.6 is 0 Å². The molecule has 1 aromatic rings. The molecule has 0 bridgehead atoms. The topological polar surface area (TPSA) is 80.8 Å². The number of esters is 1. The van der Waals surface area contributed by atoms with E-state index in [0.29, 0.717) is 12.1 Å². The highest BCUT2D eigenvalue weighted by atomic mass is 32.2. The molecule has 1 unspecified atom stereocenters. The average Bonchev–Trinajstić information content (AvgIpc) is 2.81. The molecular formula is C18H23NO5S. The van der Waals surface area contributed by atoms with Crippen molar-refractivity contribution in [3.8, 4) is 0 Å². The number of carbonyl (C=O) groups is 2. The zero-order valence-corrected chi connectivity index (χ0v) is 15.7. The summed E-state index contributed by atoms with van der Waals surface area (Å²) < 4.78 is 31.8. The number of aryl methyl sites for hydroxylation is 1. The van der Waals surface area contributed by atoms with Crippen molar-refractivity contribution >= 4 is 21.9 Å². The predicted octanol–water partition coefficient (Wildman–Crippen LogP) is 2.78. The van der Waals surface area contributed by atoms with Gasteiger partial charge >= 0.3 is 5.97 Å². The van der Waals surface area contributed by atoms with E-state index in [0.717, 1.165) is 9.87 Å². The number of sulfonamides is 1. The van der Waals surface area contributed by atoms with Gasteiger partial charge in [-0.15, -0.1) is 0 Å². The van der Waals surface area contributed by atoms with E-state index in [4.69, 9.17) is 4.74 Å². The van der Waals surface area contributed by atoms with Crippen molar-refractivity contribution in [3.63, 3.8) is 0 Å². The molecule has 1 amide bonds. The summed E-state index contributed by atoms with van der Waals surface area (Å²) in [7, 11) is -4.09. The van der Waals surface area contributed by atoms with Crippen molar-refractivity contribution in [2.75, 3.05) is 6.61 Å². The van der Waals surface area contributed by atoms with Gasteiger partial charge in [-0.3, -0.25) is 9.59 Å². The predicted molar refractivity (Wildman–Crippen MR) is 92.9 cm³/mol. The van der Waals surface area contributed by atoms with E-state index in [9.17, 15) is 18.0 Å². The molecule has 0 saturated carbocycles. The first-order valence-electron chi connectivity index (χ1n) is 8.21. The van der Waals surface area contributed by atoms with Crippen molar-refractivity contribution in [2.45, 2.75) is 45.4 Å². The highest BCUT2D eigenvalue weighted by Gasteiger charge is 2.56. The summed E-state index contributed by atoms with van der Waals surface area (Å²) >= 11 is 0. The van der Waals surface area contributed by atoms with Crippen LogP contribution in [0.1, 0.15) is 39.2 Å². The van der Waals surface area contributed by atoms with E-state index in [1.807, 2.05) is 13.8 Å². The fourth-order valence-electron chi connectivity index (χ4n) is 2.78. The Balaban J connectivity index is 2.54. The Hall–Kier alpha value is -2.15. The molecule has 1 aliphatic heterocycles. The summed E-state index contributed by atoms with van der Waals surface area (Å²) in [5, 5.41) is 0. The third kappa shape index (κ3) is 3.33. The first-order valence-corrected chi connectivity index (χ1v) is 9.65. The lowest BCUT2D eigenvalue weighted by Gasteiger charge is -2.21. The van der Waals surface area contributed by atoms with E-state index in [2.05, 4.69) is 0 Å². The van der Waals surface area contributed by atoms with Crippen LogP contribution in [0.15, 0.2) is 40.9 Å². The lowest BCUT2D eigenvalue weighted by atomic mass is 9.88. The van der Waals surface area contributed by atoms with Crippen molar-refractivity contribution in [1.82, 2.24) is 4.31 Å². The molecule has 25 heavy (non-hydrogen) atoms. The summed E-state index contributed by atoms with van der Waals surface area (Å²) in [5.41, 5.74) is -0.314. The number of ether oxygens (including phenoxy) is 1. The average molecular weight is 365 g/mol. The third-order valence-electron chi connectivity index (χ3n) is 4.18. The van der Waals surface area contributed by atoms with E-state index in [-0.39, 0.29) is 17.9 Å². The van der Waals surface area contributed by atoms with Gasteiger partial charge in [0.1, 0.15) is 0 Å². The standard InChI is InChI=1S/C18H23NO5S/c1-5-7-14-12-18(4,17(21)24-6-2)16(20)19(14)25(22,23)15-10-8-13(3)9-11-15/h7-11H,5-6,12H2,1-4H3/b14-7-. The number of amides is 1. The van der Waals surface area contributed by atoms with Gasteiger partial charge in [-0.25, -0.2) is 12.7 Å². The van der Waals surface area contributed by atoms with Crippen LogP contribution in [0.4, 0.5) is 0 Å². The van der Waals surface area contributed by atoms with Crippen LogP contribution in [-0.2, 0) is 24.3 Å². The van der Waals surface area contributed by atoms with Crippen LogP contribution in [0.3, 0.4) is 0 Å². The summed E-state index contributed by atoms with van der Waals surface area (Å²) in [6, 6.07) is 6.26. The van der Waals surface area contributed by atoms with Crippen molar-refractivity contribution in [2.24, 2.45) is 5.41 Å². The summed E-state index contributed by atoms with van der Waals surface area (Å²) in [4.78, 5) is 25.2. The zero-order chi connectivity index (χ0) is 18.8. The van der Waals surface area contributed by atoms with Crippen molar-refractivity contribution in [3.05, 3.63) is 41.6 Å². The summed E-state index contributed by atoms with van der Waals surface area (Å²) in [6.45, 7) is 6.89. The molecule has 6 nitrogen and oxygen atoms in total. The first-order chi connectivity index (χ1) is 11.7. The smallest absolute Gasteiger partial charge is 0.321 e. The molecule has 0 aromatic heterocycles. The van der Waals surface area contributed by atoms with Crippen LogP contribution in [0, 0.1) is 12.3 Å². The van der Waals surface area contributed by atoms with Gasteiger partial charge in [-0.1, -0.05) is 30.7 Å². The van der Waals surface area contributed by atoms with Crippen LogP contribution in [0.2, 0.25) is 0 Å². The number of benzene rings is 1. The maximum Gasteiger partial charge on any atom is 0.321 e. The normalized spacial score (nSPS) is 22.5. The molecule has 136 valence electrons. The highest BCUT2D eigenvalue weighted by molar-refractivity contribution is 7.89. The molecule has 1 aromatic carbocycles. The highest BCUT2D eigenvalue weighted by Crippen LogP contribution is 2.42. The van der Waals surface area contributed by atoms with Gasteiger partial charge < -0.3 is 4.74 Å².